The minimum atomic E-state index is 0.0471. The molecule has 0 aromatic carbocycles. The Morgan fingerprint density at radius 1 is 1.10 bits per heavy atom. The Bertz CT molecular complexity index is 1020. The van der Waals surface area contributed by atoms with E-state index in [4.69, 9.17) is 17.2 Å². The number of pyridine rings is 1. The first-order chi connectivity index (χ1) is 14.6. The van der Waals surface area contributed by atoms with Crippen molar-refractivity contribution >= 4 is 28.7 Å². The van der Waals surface area contributed by atoms with Crippen LogP contribution in [0.2, 0.25) is 0 Å². The lowest BCUT2D eigenvalue weighted by atomic mass is 9.90. The fraction of sp³-hybridized carbons (Fsp3) is 0.435. The van der Waals surface area contributed by atoms with Gasteiger partial charge in [0.15, 0.2) is 10.2 Å². The quantitative estimate of drug-likeness (QED) is 0.565. The highest BCUT2D eigenvalue weighted by Gasteiger charge is 2.44. The minimum Gasteiger partial charge on any atom is -0.352 e. The van der Waals surface area contributed by atoms with Crippen molar-refractivity contribution in [1.29, 1.82) is 0 Å². The Kier molecular flexibility index (Phi) is 5.33. The summed E-state index contributed by atoms with van der Waals surface area (Å²) < 4.78 is 2.27. The molecule has 3 aromatic heterocycles. The van der Waals surface area contributed by atoms with E-state index in [0.717, 1.165) is 15.9 Å². The van der Waals surface area contributed by atoms with Gasteiger partial charge in [0.1, 0.15) is 0 Å². The van der Waals surface area contributed by atoms with E-state index >= 15 is 0 Å². The second-order valence-electron chi connectivity index (χ2n) is 8.30. The van der Waals surface area contributed by atoms with Crippen LogP contribution in [0.15, 0.2) is 42.0 Å². The lowest BCUT2D eigenvalue weighted by molar-refractivity contribution is 0.197. The summed E-state index contributed by atoms with van der Waals surface area (Å²) in [6, 6.07) is 9.13. The third kappa shape index (κ3) is 3.34. The number of aromatic nitrogens is 3. The first kappa shape index (κ1) is 19.7. The molecule has 4 heterocycles. The summed E-state index contributed by atoms with van der Waals surface area (Å²) in [5.41, 5.74) is 4.80. The summed E-state index contributed by atoms with van der Waals surface area (Å²) in [6.07, 6.45) is 10.1. The number of thiocarbonyl (C=S) groups is 1. The minimum absolute atomic E-state index is 0.0471. The van der Waals surface area contributed by atoms with Gasteiger partial charge in [-0.2, -0.15) is 0 Å². The Morgan fingerprint density at radius 3 is 2.63 bits per heavy atom. The molecule has 3 aromatic rings. The molecule has 0 spiro atoms. The van der Waals surface area contributed by atoms with Crippen molar-refractivity contribution in [2.24, 2.45) is 0 Å². The van der Waals surface area contributed by atoms with Gasteiger partial charge in [0, 0.05) is 35.2 Å². The van der Waals surface area contributed by atoms with Crippen molar-refractivity contribution in [2.75, 3.05) is 0 Å². The summed E-state index contributed by atoms with van der Waals surface area (Å²) >= 11 is 7.58. The lowest BCUT2D eigenvalue weighted by Gasteiger charge is -2.37. The number of hydrogen-bond donors (Lipinski definition) is 1. The van der Waals surface area contributed by atoms with Crippen molar-refractivity contribution in [2.45, 2.75) is 64.1 Å². The molecule has 1 saturated carbocycles. The zero-order valence-electron chi connectivity index (χ0n) is 17.4. The van der Waals surface area contributed by atoms with Crippen LogP contribution in [0.4, 0.5) is 0 Å². The molecule has 156 valence electrons. The first-order valence-electron chi connectivity index (χ1n) is 10.7. The summed E-state index contributed by atoms with van der Waals surface area (Å²) in [7, 11) is 0. The topological polar surface area (TPSA) is 46.0 Å². The third-order valence-corrected chi connectivity index (χ3v) is 7.59. The van der Waals surface area contributed by atoms with Crippen LogP contribution in [0, 0.1) is 13.8 Å². The summed E-state index contributed by atoms with van der Waals surface area (Å²) in [5, 5.41) is 7.54. The summed E-state index contributed by atoms with van der Waals surface area (Å²) in [5.74, 6) is 0. The van der Waals surface area contributed by atoms with Crippen LogP contribution < -0.4 is 5.32 Å². The standard InChI is InChI=1S/C23H27N5S2/c1-15-14-18(16(2)27(15)23-25-12-13-30-23)21-20(19-10-6-7-11-24-19)26-22(29)28(21)17-8-4-3-5-9-17/h6-7,10-14,17,20-21H,3-5,8-9H2,1-2H3,(H,26,29)/t20-,21-/m1/s1. The van der Waals surface area contributed by atoms with Crippen LogP contribution in [0.5, 0.6) is 0 Å². The number of nitrogens with one attached hydrogen (secondary N) is 1. The molecule has 7 heteroatoms. The molecular weight excluding hydrogens is 410 g/mol. The predicted octanol–water partition coefficient (Wildman–Crippen LogP) is 5.25. The highest BCUT2D eigenvalue weighted by molar-refractivity contribution is 7.80. The van der Waals surface area contributed by atoms with Crippen molar-refractivity contribution in [1.82, 2.24) is 24.8 Å². The van der Waals surface area contributed by atoms with E-state index in [-0.39, 0.29) is 12.1 Å². The maximum Gasteiger partial charge on any atom is 0.193 e. The van der Waals surface area contributed by atoms with Crippen LogP contribution in [-0.4, -0.2) is 30.6 Å². The van der Waals surface area contributed by atoms with Gasteiger partial charge in [-0.25, -0.2) is 4.98 Å². The van der Waals surface area contributed by atoms with Gasteiger partial charge < -0.3 is 10.2 Å². The van der Waals surface area contributed by atoms with E-state index in [1.165, 1.54) is 49.1 Å². The van der Waals surface area contributed by atoms with Crippen molar-refractivity contribution < 1.29 is 0 Å². The van der Waals surface area contributed by atoms with Crippen LogP contribution in [0.25, 0.3) is 5.13 Å². The van der Waals surface area contributed by atoms with Crippen LogP contribution in [0.3, 0.4) is 0 Å². The first-order valence-corrected chi connectivity index (χ1v) is 12.0. The highest BCUT2D eigenvalue weighted by Crippen LogP contribution is 2.44. The van der Waals surface area contributed by atoms with Gasteiger partial charge in [-0.05, 0) is 62.7 Å². The highest BCUT2D eigenvalue weighted by atomic mass is 32.1. The molecule has 0 amide bonds. The lowest BCUT2D eigenvalue weighted by Crippen LogP contribution is -2.40. The molecule has 1 aliphatic carbocycles. The molecule has 2 atom stereocenters. The van der Waals surface area contributed by atoms with E-state index in [0.29, 0.717) is 6.04 Å². The molecule has 1 N–H and O–H groups in total. The third-order valence-electron chi connectivity index (χ3n) is 6.50. The normalized spacial score (nSPS) is 22.5. The molecular formula is C23H27N5S2. The molecule has 2 aliphatic rings. The van der Waals surface area contributed by atoms with Gasteiger partial charge in [-0.1, -0.05) is 25.3 Å². The molecule has 1 saturated heterocycles. The maximum atomic E-state index is 5.91. The smallest absolute Gasteiger partial charge is 0.193 e. The van der Waals surface area contributed by atoms with Gasteiger partial charge in [0.05, 0.1) is 17.8 Å². The second kappa shape index (κ2) is 8.12. The average Bonchev–Trinajstić information content (AvgIpc) is 3.47. The van der Waals surface area contributed by atoms with E-state index in [1.807, 2.05) is 23.8 Å². The zero-order chi connectivity index (χ0) is 20.7. The van der Waals surface area contributed by atoms with Crippen LogP contribution in [0.1, 0.15) is 66.8 Å². The number of hydrogen-bond acceptors (Lipinski definition) is 4. The second-order valence-corrected chi connectivity index (χ2v) is 9.56. The van der Waals surface area contributed by atoms with Gasteiger partial charge in [0.25, 0.3) is 0 Å². The van der Waals surface area contributed by atoms with E-state index in [9.17, 15) is 0 Å². The molecule has 1 aliphatic heterocycles. The largest absolute Gasteiger partial charge is 0.352 e. The number of nitrogens with zero attached hydrogens (tertiary/aromatic N) is 4. The Labute approximate surface area is 187 Å². The van der Waals surface area contributed by atoms with Gasteiger partial charge in [-0.15, -0.1) is 11.3 Å². The number of aryl methyl sites for hydroxylation is 1. The molecule has 2 fully saturated rings. The average molecular weight is 438 g/mol. The number of rotatable bonds is 4. The molecule has 0 bridgehead atoms. The number of thiazole rings is 1. The molecule has 5 nitrogen and oxygen atoms in total. The Morgan fingerprint density at radius 2 is 1.93 bits per heavy atom. The molecule has 0 radical (unpaired) electrons. The van der Waals surface area contributed by atoms with E-state index < -0.39 is 0 Å². The Hall–Kier alpha value is -2.25. The fourth-order valence-corrected chi connectivity index (χ4v) is 6.30. The zero-order valence-corrected chi connectivity index (χ0v) is 19.0. The van der Waals surface area contributed by atoms with Crippen molar-refractivity contribution in [3.8, 4) is 5.13 Å². The van der Waals surface area contributed by atoms with E-state index in [2.05, 4.69) is 51.8 Å². The molecule has 0 unspecified atom stereocenters. The molecule has 5 rings (SSSR count). The summed E-state index contributed by atoms with van der Waals surface area (Å²) in [6.45, 7) is 4.37. The summed E-state index contributed by atoms with van der Waals surface area (Å²) in [4.78, 5) is 11.7. The van der Waals surface area contributed by atoms with Gasteiger partial charge in [0.2, 0.25) is 0 Å². The fourth-order valence-electron chi connectivity index (χ4n) is 5.16. The van der Waals surface area contributed by atoms with Crippen molar-refractivity contribution in [3.63, 3.8) is 0 Å². The predicted molar refractivity (Wildman–Crippen MR) is 125 cm³/mol. The SMILES string of the molecule is Cc1cc([C@@H]2[C@@H](c3ccccn3)NC(=S)N2C2CCCCC2)c(C)n1-c1nccs1. The monoisotopic (exact) mass is 437 g/mol. The Balaban J connectivity index is 1.62. The van der Waals surface area contributed by atoms with Crippen LogP contribution >= 0.6 is 23.6 Å². The van der Waals surface area contributed by atoms with Gasteiger partial charge in [-0.3, -0.25) is 9.55 Å². The van der Waals surface area contributed by atoms with Crippen LogP contribution in [-0.2, 0) is 0 Å². The van der Waals surface area contributed by atoms with E-state index in [1.54, 1.807) is 11.3 Å². The maximum absolute atomic E-state index is 5.91. The van der Waals surface area contributed by atoms with Gasteiger partial charge >= 0.3 is 0 Å². The van der Waals surface area contributed by atoms with Crippen molar-refractivity contribution in [3.05, 3.63) is 64.7 Å². The molecule has 30 heavy (non-hydrogen) atoms.